The minimum absolute atomic E-state index is 0.0123. The van der Waals surface area contributed by atoms with Gasteiger partial charge >= 0.3 is 0 Å². The van der Waals surface area contributed by atoms with Gasteiger partial charge in [-0.05, 0) is 30.5 Å². The molecular formula is C17H23ClN2O2S. The molecule has 2 rings (SSSR count). The summed E-state index contributed by atoms with van der Waals surface area (Å²) in [6, 6.07) is 7.76. The van der Waals surface area contributed by atoms with Gasteiger partial charge in [-0.3, -0.25) is 0 Å². The second-order valence-corrected chi connectivity index (χ2v) is 7.04. The van der Waals surface area contributed by atoms with Crippen LogP contribution in [0.4, 0.5) is 0 Å². The molecule has 0 aliphatic rings. The number of halogens is 1. The van der Waals surface area contributed by atoms with Crippen molar-refractivity contribution in [2.45, 2.75) is 49.1 Å². The summed E-state index contributed by atoms with van der Waals surface area (Å²) in [5, 5.41) is 10.6. The molecular weight excluding hydrogens is 332 g/mol. The summed E-state index contributed by atoms with van der Waals surface area (Å²) in [6.07, 6.45) is 0.667. The van der Waals surface area contributed by atoms with Gasteiger partial charge in [-0.25, -0.2) is 4.98 Å². The SMILES string of the molecule is CCC(OCCO)c1nc(Sc2cccc(Cl)c2)c(C(C)C)[nH]1. The summed E-state index contributed by atoms with van der Waals surface area (Å²) in [6.45, 7) is 6.64. The first-order valence-electron chi connectivity index (χ1n) is 7.80. The number of nitrogens with zero attached hydrogens (tertiary/aromatic N) is 1. The number of ether oxygens (including phenoxy) is 1. The van der Waals surface area contributed by atoms with Gasteiger partial charge < -0.3 is 14.8 Å². The van der Waals surface area contributed by atoms with Gasteiger partial charge in [-0.15, -0.1) is 0 Å². The zero-order chi connectivity index (χ0) is 16.8. The Hall–Kier alpha value is -1.01. The first kappa shape index (κ1) is 18.3. The largest absolute Gasteiger partial charge is 0.394 e. The highest BCUT2D eigenvalue weighted by molar-refractivity contribution is 7.99. The third kappa shape index (κ3) is 4.98. The molecule has 0 radical (unpaired) electrons. The normalized spacial score (nSPS) is 12.8. The first-order chi connectivity index (χ1) is 11.0. The Kier molecular flexibility index (Phi) is 6.96. The molecule has 0 saturated carbocycles. The quantitative estimate of drug-likeness (QED) is 0.715. The van der Waals surface area contributed by atoms with Gasteiger partial charge in [0.05, 0.1) is 18.9 Å². The summed E-state index contributed by atoms with van der Waals surface area (Å²) in [5.41, 5.74) is 1.09. The van der Waals surface area contributed by atoms with Crippen LogP contribution in [0.2, 0.25) is 5.02 Å². The average Bonchev–Trinajstić information content (AvgIpc) is 2.92. The predicted octanol–water partition coefficient (Wildman–Crippen LogP) is 4.80. The topological polar surface area (TPSA) is 58.1 Å². The van der Waals surface area contributed by atoms with Crippen LogP contribution in [0.25, 0.3) is 0 Å². The number of aliphatic hydroxyl groups is 1. The summed E-state index contributed by atoms with van der Waals surface area (Å²) < 4.78 is 5.67. The van der Waals surface area contributed by atoms with Crippen LogP contribution in [-0.4, -0.2) is 28.3 Å². The number of benzene rings is 1. The maximum absolute atomic E-state index is 8.95. The second-order valence-electron chi connectivity index (χ2n) is 5.55. The number of H-pyrrole nitrogens is 1. The molecule has 0 fully saturated rings. The van der Waals surface area contributed by atoms with E-state index in [1.807, 2.05) is 31.2 Å². The van der Waals surface area contributed by atoms with E-state index in [0.29, 0.717) is 12.5 Å². The van der Waals surface area contributed by atoms with Gasteiger partial charge in [-0.2, -0.15) is 0 Å². The fourth-order valence-corrected chi connectivity index (χ4v) is 3.59. The molecule has 1 aromatic heterocycles. The Bertz CT molecular complexity index is 631. The molecule has 126 valence electrons. The maximum Gasteiger partial charge on any atom is 0.136 e. The van der Waals surface area contributed by atoms with Gasteiger partial charge in [0.25, 0.3) is 0 Å². The van der Waals surface area contributed by atoms with Crippen molar-refractivity contribution in [1.29, 1.82) is 0 Å². The Balaban J connectivity index is 2.27. The van der Waals surface area contributed by atoms with Gasteiger partial charge in [0.15, 0.2) is 0 Å². The number of rotatable bonds is 8. The highest BCUT2D eigenvalue weighted by Gasteiger charge is 2.20. The smallest absolute Gasteiger partial charge is 0.136 e. The van der Waals surface area contributed by atoms with Gasteiger partial charge in [0.1, 0.15) is 17.0 Å². The van der Waals surface area contributed by atoms with Crippen LogP contribution in [-0.2, 0) is 4.74 Å². The molecule has 23 heavy (non-hydrogen) atoms. The van der Waals surface area contributed by atoms with E-state index >= 15 is 0 Å². The van der Waals surface area contributed by atoms with Crippen LogP contribution in [0.1, 0.15) is 50.7 Å². The Labute approximate surface area is 146 Å². The summed E-state index contributed by atoms with van der Waals surface area (Å²) in [7, 11) is 0. The van der Waals surface area contributed by atoms with Gasteiger partial charge in [0, 0.05) is 9.92 Å². The molecule has 1 aromatic carbocycles. The van der Waals surface area contributed by atoms with E-state index in [1.54, 1.807) is 11.8 Å². The lowest BCUT2D eigenvalue weighted by atomic mass is 10.1. The van der Waals surface area contributed by atoms with Crippen LogP contribution in [0.3, 0.4) is 0 Å². The molecule has 0 saturated heterocycles. The van der Waals surface area contributed by atoms with Crippen LogP contribution in [0, 0.1) is 0 Å². The highest BCUT2D eigenvalue weighted by Crippen LogP contribution is 2.35. The molecule has 2 N–H and O–H groups in total. The molecule has 2 aromatic rings. The molecule has 0 aliphatic carbocycles. The van der Waals surface area contributed by atoms with Gasteiger partial charge in [-0.1, -0.05) is 50.2 Å². The molecule has 6 heteroatoms. The zero-order valence-electron chi connectivity index (χ0n) is 13.7. The maximum atomic E-state index is 8.95. The van der Waals surface area contributed by atoms with E-state index in [4.69, 9.17) is 26.4 Å². The van der Waals surface area contributed by atoms with E-state index in [2.05, 4.69) is 18.8 Å². The van der Waals surface area contributed by atoms with Crippen molar-refractivity contribution >= 4 is 23.4 Å². The number of hydrogen-bond donors (Lipinski definition) is 2. The lowest BCUT2D eigenvalue weighted by Gasteiger charge is -2.12. The molecule has 4 nitrogen and oxygen atoms in total. The van der Waals surface area contributed by atoms with E-state index < -0.39 is 0 Å². The molecule has 1 unspecified atom stereocenters. The third-order valence-corrected chi connectivity index (χ3v) is 4.62. The molecule has 1 heterocycles. The fraction of sp³-hybridized carbons (Fsp3) is 0.471. The summed E-state index contributed by atoms with van der Waals surface area (Å²) in [4.78, 5) is 9.20. The molecule has 0 spiro atoms. The molecule has 0 amide bonds. The fourth-order valence-electron chi connectivity index (χ4n) is 2.24. The van der Waals surface area contributed by atoms with E-state index in [0.717, 1.165) is 32.9 Å². The van der Waals surface area contributed by atoms with Crippen LogP contribution < -0.4 is 0 Å². The number of aromatic amines is 1. The molecule has 1 atom stereocenters. The van der Waals surface area contributed by atoms with Crippen molar-refractivity contribution in [3.63, 3.8) is 0 Å². The molecule has 0 aliphatic heterocycles. The van der Waals surface area contributed by atoms with Crippen LogP contribution >= 0.6 is 23.4 Å². The van der Waals surface area contributed by atoms with Crippen LogP contribution in [0.5, 0.6) is 0 Å². The van der Waals surface area contributed by atoms with Crippen molar-refractivity contribution in [3.8, 4) is 0 Å². The lowest BCUT2D eigenvalue weighted by Crippen LogP contribution is -2.08. The van der Waals surface area contributed by atoms with Crippen molar-refractivity contribution < 1.29 is 9.84 Å². The van der Waals surface area contributed by atoms with Crippen molar-refractivity contribution in [2.24, 2.45) is 0 Å². The number of aromatic nitrogens is 2. The minimum atomic E-state index is -0.131. The van der Waals surface area contributed by atoms with Crippen LogP contribution in [0.15, 0.2) is 34.2 Å². The summed E-state index contributed by atoms with van der Waals surface area (Å²) >= 11 is 7.66. The summed E-state index contributed by atoms with van der Waals surface area (Å²) in [5.74, 6) is 1.14. The zero-order valence-corrected chi connectivity index (χ0v) is 15.2. The second kappa shape index (κ2) is 8.73. The predicted molar refractivity (Wildman–Crippen MR) is 94.3 cm³/mol. The Morgan fingerprint density at radius 3 is 2.78 bits per heavy atom. The number of nitrogens with one attached hydrogen (secondary N) is 1. The molecule has 0 bridgehead atoms. The van der Waals surface area contributed by atoms with E-state index in [9.17, 15) is 0 Å². The van der Waals surface area contributed by atoms with Gasteiger partial charge in [0.2, 0.25) is 0 Å². The average molecular weight is 355 g/mol. The number of aliphatic hydroxyl groups excluding tert-OH is 1. The van der Waals surface area contributed by atoms with Crippen molar-refractivity contribution in [2.75, 3.05) is 13.2 Å². The number of imidazole rings is 1. The third-order valence-electron chi connectivity index (χ3n) is 3.39. The van der Waals surface area contributed by atoms with Crippen molar-refractivity contribution in [1.82, 2.24) is 9.97 Å². The number of hydrogen-bond acceptors (Lipinski definition) is 4. The lowest BCUT2D eigenvalue weighted by molar-refractivity contribution is 0.0211. The standard InChI is InChI=1S/C17H23ClN2O2S/c1-4-14(22-9-8-21)16-19-15(11(2)3)17(20-16)23-13-7-5-6-12(18)10-13/h5-7,10-11,14,21H,4,8-9H2,1-3H3,(H,19,20). The minimum Gasteiger partial charge on any atom is -0.394 e. The Morgan fingerprint density at radius 1 is 1.39 bits per heavy atom. The van der Waals surface area contributed by atoms with E-state index in [-0.39, 0.29) is 12.7 Å². The van der Waals surface area contributed by atoms with Crippen molar-refractivity contribution in [3.05, 3.63) is 40.8 Å². The highest BCUT2D eigenvalue weighted by atomic mass is 35.5. The first-order valence-corrected chi connectivity index (χ1v) is 9.00. The monoisotopic (exact) mass is 354 g/mol. The Morgan fingerprint density at radius 2 is 2.17 bits per heavy atom. The van der Waals surface area contributed by atoms with E-state index in [1.165, 1.54) is 0 Å².